The summed E-state index contributed by atoms with van der Waals surface area (Å²) in [5.74, 6) is 1.86. The minimum absolute atomic E-state index is 0.760. The zero-order chi connectivity index (χ0) is 8.27. The van der Waals surface area contributed by atoms with Crippen LogP contribution in [0.3, 0.4) is 0 Å². The predicted molar refractivity (Wildman–Crippen MR) is 49.3 cm³/mol. The van der Waals surface area contributed by atoms with Crippen molar-refractivity contribution in [1.82, 2.24) is 0 Å². The highest BCUT2D eigenvalue weighted by Gasteiger charge is 2.27. The Morgan fingerprint density at radius 2 is 2.27 bits per heavy atom. The molecule has 1 heteroatoms. The van der Waals surface area contributed by atoms with E-state index in [1.165, 1.54) is 24.8 Å². The zero-order valence-corrected chi connectivity index (χ0v) is 7.47. The molecule has 1 atom stereocenters. The molecular formula is C10H19N. The highest BCUT2D eigenvalue weighted by molar-refractivity contribution is 4.97. The molecule has 0 aromatic rings. The van der Waals surface area contributed by atoms with Crippen LogP contribution in [0.1, 0.15) is 32.6 Å². The Bertz CT molecular complexity index is 136. The lowest BCUT2D eigenvalue weighted by atomic mass is 9.96. The standard InChI is InChI=1S/C10H19N/c1-8(5-6-11)7-9(2)10-3-4-10/h9-10H,1,3-7,11H2,2H3. The van der Waals surface area contributed by atoms with Crippen LogP contribution in [0.25, 0.3) is 0 Å². The third-order valence-corrected chi connectivity index (χ3v) is 2.54. The second-order valence-electron chi connectivity index (χ2n) is 3.81. The number of hydrogen-bond acceptors (Lipinski definition) is 1. The Morgan fingerprint density at radius 1 is 1.64 bits per heavy atom. The second kappa shape index (κ2) is 3.91. The molecule has 1 aliphatic carbocycles. The van der Waals surface area contributed by atoms with Gasteiger partial charge in [-0.3, -0.25) is 0 Å². The van der Waals surface area contributed by atoms with Crippen LogP contribution in [0.5, 0.6) is 0 Å². The lowest BCUT2D eigenvalue weighted by molar-refractivity contribution is 0.498. The molecule has 0 radical (unpaired) electrons. The quantitative estimate of drug-likeness (QED) is 0.603. The van der Waals surface area contributed by atoms with Crippen LogP contribution >= 0.6 is 0 Å². The van der Waals surface area contributed by atoms with Crippen molar-refractivity contribution < 1.29 is 0 Å². The average molecular weight is 153 g/mol. The first-order valence-electron chi connectivity index (χ1n) is 4.60. The average Bonchev–Trinajstić information content (AvgIpc) is 2.67. The Kier molecular flexibility index (Phi) is 3.13. The van der Waals surface area contributed by atoms with Crippen molar-refractivity contribution in [3.05, 3.63) is 12.2 Å². The van der Waals surface area contributed by atoms with Gasteiger partial charge in [-0.2, -0.15) is 0 Å². The van der Waals surface area contributed by atoms with E-state index in [9.17, 15) is 0 Å². The van der Waals surface area contributed by atoms with Gasteiger partial charge in [-0.1, -0.05) is 19.1 Å². The number of rotatable bonds is 5. The lowest BCUT2D eigenvalue weighted by Crippen LogP contribution is -2.04. The highest BCUT2D eigenvalue weighted by Crippen LogP contribution is 2.39. The first kappa shape index (κ1) is 8.79. The Balaban J connectivity index is 2.12. The zero-order valence-electron chi connectivity index (χ0n) is 7.47. The van der Waals surface area contributed by atoms with Gasteiger partial charge in [-0.05, 0) is 44.1 Å². The van der Waals surface area contributed by atoms with Crippen molar-refractivity contribution in [2.24, 2.45) is 17.6 Å². The summed E-state index contributed by atoms with van der Waals surface area (Å²) in [6.07, 6.45) is 5.09. The van der Waals surface area contributed by atoms with Crippen LogP contribution < -0.4 is 5.73 Å². The summed E-state index contributed by atoms with van der Waals surface area (Å²) in [7, 11) is 0. The van der Waals surface area contributed by atoms with Gasteiger partial charge in [0.05, 0.1) is 0 Å². The maximum atomic E-state index is 5.44. The molecule has 0 amide bonds. The van der Waals surface area contributed by atoms with Gasteiger partial charge >= 0.3 is 0 Å². The third-order valence-electron chi connectivity index (χ3n) is 2.54. The van der Waals surface area contributed by atoms with E-state index in [0.29, 0.717) is 0 Å². The lowest BCUT2D eigenvalue weighted by Gasteiger charge is -2.10. The normalized spacial score (nSPS) is 19.8. The molecule has 11 heavy (non-hydrogen) atoms. The molecule has 1 nitrogen and oxygen atoms in total. The van der Waals surface area contributed by atoms with E-state index in [-0.39, 0.29) is 0 Å². The maximum absolute atomic E-state index is 5.44. The van der Waals surface area contributed by atoms with Gasteiger partial charge in [-0.15, -0.1) is 0 Å². The van der Waals surface area contributed by atoms with E-state index in [1.807, 2.05) is 0 Å². The largest absolute Gasteiger partial charge is 0.330 e. The summed E-state index contributed by atoms with van der Waals surface area (Å²) in [6, 6.07) is 0. The molecule has 0 saturated heterocycles. The molecule has 0 bridgehead atoms. The molecule has 1 rings (SSSR count). The third kappa shape index (κ3) is 3.06. The van der Waals surface area contributed by atoms with E-state index >= 15 is 0 Å². The molecular weight excluding hydrogens is 134 g/mol. The summed E-state index contributed by atoms with van der Waals surface area (Å²) in [5.41, 5.74) is 6.78. The molecule has 1 aliphatic rings. The summed E-state index contributed by atoms with van der Waals surface area (Å²) >= 11 is 0. The van der Waals surface area contributed by atoms with Crippen LogP contribution in [0, 0.1) is 11.8 Å². The van der Waals surface area contributed by atoms with Crippen molar-refractivity contribution in [3.63, 3.8) is 0 Å². The number of nitrogens with two attached hydrogens (primary N) is 1. The monoisotopic (exact) mass is 153 g/mol. The van der Waals surface area contributed by atoms with Crippen LogP contribution in [0.4, 0.5) is 0 Å². The van der Waals surface area contributed by atoms with Crippen molar-refractivity contribution in [1.29, 1.82) is 0 Å². The van der Waals surface area contributed by atoms with Crippen LogP contribution in [-0.4, -0.2) is 6.54 Å². The summed E-state index contributed by atoms with van der Waals surface area (Å²) < 4.78 is 0. The van der Waals surface area contributed by atoms with Gasteiger partial charge in [0, 0.05) is 0 Å². The molecule has 1 unspecified atom stereocenters. The van der Waals surface area contributed by atoms with Crippen LogP contribution in [0.2, 0.25) is 0 Å². The van der Waals surface area contributed by atoms with E-state index in [1.54, 1.807) is 0 Å². The van der Waals surface area contributed by atoms with E-state index in [4.69, 9.17) is 5.73 Å². The predicted octanol–water partition coefficient (Wildman–Crippen LogP) is 2.33. The van der Waals surface area contributed by atoms with Gasteiger partial charge in [0.15, 0.2) is 0 Å². The molecule has 0 aromatic heterocycles. The smallest absolute Gasteiger partial charge is 0.00400 e. The van der Waals surface area contributed by atoms with E-state index in [0.717, 1.165) is 24.8 Å². The van der Waals surface area contributed by atoms with Crippen molar-refractivity contribution in [2.45, 2.75) is 32.6 Å². The van der Waals surface area contributed by atoms with Crippen molar-refractivity contribution in [3.8, 4) is 0 Å². The molecule has 0 spiro atoms. The molecule has 1 fully saturated rings. The van der Waals surface area contributed by atoms with Gasteiger partial charge in [0.25, 0.3) is 0 Å². The molecule has 0 aliphatic heterocycles. The maximum Gasteiger partial charge on any atom is -0.00400 e. The Hall–Kier alpha value is -0.300. The van der Waals surface area contributed by atoms with Crippen molar-refractivity contribution >= 4 is 0 Å². The minimum Gasteiger partial charge on any atom is -0.330 e. The Morgan fingerprint density at radius 3 is 2.73 bits per heavy atom. The van der Waals surface area contributed by atoms with Crippen molar-refractivity contribution in [2.75, 3.05) is 6.54 Å². The molecule has 0 aromatic carbocycles. The fraction of sp³-hybridized carbons (Fsp3) is 0.800. The van der Waals surface area contributed by atoms with Gasteiger partial charge in [-0.25, -0.2) is 0 Å². The highest BCUT2D eigenvalue weighted by atomic mass is 14.5. The van der Waals surface area contributed by atoms with Crippen LogP contribution in [-0.2, 0) is 0 Å². The molecule has 0 heterocycles. The topological polar surface area (TPSA) is 26.0 Å². The van der Waals surface area contributed by atoms with E-state index < -0.39 is 0 Å². The van der Waals surface area contributed by atoms with Gasteiger partial charge in [0.1, 0.15) is 0 Å². The molecule has 2 N–H and O–H groups in total. The fourth-order valence-corrected chi connectivity index (χ4v) is 1.59. The van der Waals surface area contributed by atoms with Gasteiger partial charge in [0.2, 0.25) is 0 Å². The molecule has 1 saturated carbocycles. The summed E-state index contributed by atoms with van der Waals surface area (Å²) in [5, 5.41) is 0. The fourth-order valence-electron chi connectivity index (χ4n) is 1.59. The summed E-state index contributed by atoms with van der Waals surface area (Å²) in [6.45, 7) is 7.11. The first-order valence-corrected chi connectivity index (χ1v) is 4.60. The van der Waals surface area contributed by atoms with Gasteiger partial charge < -0.3 is 5.73 Å². The SMILES string of the molecule is C=C(CCN)CC(C)C1CC1. The first-order chi connectivity index (χ1) is 5.24. The van der Waals surface area contributed by atoms with E-state index in [2.05, 4.69) is 13.5 Å². The minimum atomic E-state index is 0.760. The second-order valence-corrected chi connectivity index (χ2v) is 3.81. The Labute approximate surface area is 69.7 Å². The van der Waals surface area contributed by atoms with Crippen LogP contribution in [0.15, 0.2) is 12.2 Å². The molecule has 64 valence electrons. The summed E-state index contributed by atoms with van der Waals surface area (Å²) in [4.78, 5) is 0. The number of hydrogen-bond donors (Lipinski definition) is 1.